The van der Waals surface area contributed by atoms with Gasteiger partial charge in [-0.2, -0.15) is 0 Å². The standard InChI is InChI=1S/C78H155NO5/c1-3-5-7-9-11-13-15-17-19-21-22-23-29-32-35-39-42-46-50-54-58-62-66-70-76(81)75(74-80)79-77(82)71-67-63-59-55-51-47-43-40-36-33-30-27-25-24-26-28-31-34-37-41-45-49-53-57-61-65-69-73-84-78(83)72-68-64-60-56-52-48-44-38-20-18-16-14-12-10-8-6-4-2/h75-76,80-81H,3-74H2,1-2H3,(H,79,82). The second-order valence-corrected chi connectivity index (χ2v) is 27.4. The Morgan fingerprint density at radius 2 is 0.488 bits per heavy atom. The summed E-state index contributed by atoms with van der Waals surface area (Å²) in [7, 11) is 0. The topological polar surface area (TPSA) is 95.9 Å². The molecule has 0 saturated heterocycles. The van der Waals surface area contributed by atoms with Crippen molar-refractivity contribution in [3.8, 4) is 0 Å². The molecule has 0 rings (SSSR count). The van der Waals surface area contributed by atoms with E-state index in [-0.39, 0.29) is 18.5 Å². The lowest BCUT2D eigenvalue weighted by atomic mass is 10.0. The second-order valence-electron chi connectivity index (χ2n) is 27.4. The minimum Gasteiger partial charge on any atom is -0.466 e. The number of rotatable bonds is 75. The number of nitrogens with one attached hydrogen (secondary N) is 1. The van der Waals surface area contributed by atoms with Crippen LogP contribution in [0.25, 0.3) is 0 Å². The van der Waals surface area contributed by atoms with Crippen LogP contribution in [0, 0.1) is 0 Å². The predicted molar refractivity (Wildman–Crippen MR) is 371 cm³/mol. The fraction of sp³-hybridized carbons (Fsp3) is 0.974. The van der Waals surface area contributed by atoms with Gasteiger partial charge in [-0.15, -0.1) is 0 Å². The first kappa shape index (κ1) is 82.9. The molecule has 2 unspecified atom stereocenters. The summed E-state index contributed by atoms with van der Waals surface area (Å²) in [5.74, 6) is -0.00203. The van der Waals surface area contributed by atoms with Crippen LogP contribution in [-0.2, 0) is 14.3 Å². The van der Waals surface area contributed by atoms with E-state index in [1.807, 2.05) is 0 Å². The van der Waals surface area contributed by atoms with Crippen molar-refractivity contribution in [2.45, 2.75) is 475 Å². The molecule has 0 aliphatic rings. The number of carbonyl (C=O) groups is 2. The van der Waals surface area contributed by atoms with Crippen molar-refractivity contribution in [2.75, 3.05) is 13.2 Å². The van der Waals surface area contributed by atoms with Crippen LogP contribution in [0.1, 0.15) is 463 Å². The molecule has 502 valence electrons. The molecule has 0 heterocycles. The van der Waals surface area contributed by atoms with Gasteiger partial charge in [-0.05, 0) is 25.7 Å². The first-order valence-electron chi connectivity index (χ1n) is 39.3. The van der Waals surface area contributed by atoms with Gasteiger partial charge in [0.1, 0.15) is 0 Å². The first-order chi connectivity index (χ1) is 41.5. The van der Waals surface area contributed by atoms with E-state index in [2.05, 4.69) is 19.2 Å². The van der Waals surface area contributed by atoms with Crippen LogP contribution < -0.4 is 5.32 Å². The van der Waals surface area contributed by atoms with Gasteiger partial charge in [0.2, 0.25) is 5.91 Å². The number of ether oxygens (including phenoxy) is 1. The summed E-state index contributed by atoms with van der Waals surface area (Å²) in [5, 5.41) is 23.5. The highest BCUT2D eigenvalue weighted by Crippen LogP contribution is 2.21. The molecule has 0 aliphatic carbocycles. The van der Waals surface area contributed by atoms with Crippen LogP contribution in [0.5, 0.6) is 0 Å². The zero-order chi connectivity index (χ0) is 60.6. The van der Waals surface area contributed by atoms with Crippen molar-refractivity contribution < 1.29 is 24.5 Å². The molecule has 0 aliphatic heterocycles. The Balaban J connectivity index is 3.33. The van der Waals surface area contributed by atoms with Crippen LogP contribution in [-0.4, -0.2) is 47.4 Å². The van der Waals surface area contributed by atoms with Gasteiger partial charge in [-0.1, -0.05) is 425 Å². The largest absolute Gasteiger partial charge is 0.466 e. The minimum atomic E-state index is -0.663. The van der Waals surface area contributed by atoms with Gasteiger partial charge in [0.05, 0.1) is 25.4 Å². The van der Waals surface area contributed by atoms with Crippen LogP contribution in [0.2, 0.25) is 0 Å². The van der Waals surface area contributed by atoms with Gasteiger partial charge in [-0.25, -0.2) is 0 Å². The molecule has 0 radical (unpaired) electrons. The zero-order valence-electron chi connectivity index (χ0n) is 57.7. The first-order valence-corrected chi connectivity index (χ1v) is 39.3. The second kappa shape index (κ2) is 74.3. The Morgan fingerprint density at radius 1 is 0.286 bits per heavy atom. The normalized spacial score (nSPS) is 12.4. The third-order valence-corrected chi connectivity index (χ3v) is 18.9. The van der Waals surface area contributed by atoms with Crippen molar-refractivity contribution >= 4 is 11.9 Å². The molecule has 0 aromatic heterocycles. The van der Waals surface area contributed by atoms with E-state index in [4.69, 9.17) is 4.74 Å². The maximum absolute atomic E-state index is 12.6. The lowest BCUT2D eigenvalue weighted by molar-refractivity contribution is -0.143. The third-order valence-electron chi connectivity index (χ3n) is 18.9. The molecule has 0 fully saturated rings. The highest BCUT2D eigenvalue weighted by Gasteiger charge is 2.20. The summed E-state index contributed by atoms with van der Waals surface area (Å²) in [5.41, 5.74) is 0. The number of carbonyl (C=O) groups excluding carboxylic acids is 2. The molecule has 0 bridgehead atoms. The highest BCUT2D eigenvalue weighted by atomic mass is 16.5. The highest BCUT2D eigenvalue weighted by molar-refractivity contribution is 5.76. The number of amides is 1. The number of aliphatic hydroxyl groups is 2. The van der Waals surface area contributed by atoms with Gasteiger partial charge in [0, 0.05) is 12.8 Å². The average Bonchev–Trinajstić information content (AvgIpc) is 3.50. The van der Waals surface area contributed by atoms with Gasteiger partial charge >= 0.3 is 5.97 Å². The SMILES string of the molecule is CCCCCCCCCCCCCCCCCCCCCCCCCC(O)C(CO)NC(=O)CCCCCCCCCCCCCCCCCCCCCCCCCCCCCOC(=O)CCCCCCCCCCCCCCCCCCC. The number of esters is 1. The van der Waals surface area contributed by atoms with E-state index in [1.54, 1.807) is 0 Å². The monoisotopic (exact) mass is 1190 g/mol. The van der Waals surface area contributed by atoms with Crippen molar-refractivity contribution in [3.63, 3.8) is 0 Å². The van der Waals surface area contributed by atoms with Crippen LogP contribution in [0.4, 0.5) is 0 Å². The summed E-state index contributed by atoms with van der Waals surface area (Å²) in [6.07, 6.45) is 91.8. The molecule has 84 heavy (non-hydrogen) atoms. The van der Waals surface area contributed by atoms with Crippen LogP contribution in [0.3, 0.4) is 0 Å². The van der Waals surface area contributed by atoms with E-state index < -0.39 is 12.1 Å². The maximum atomic E-state index is 12.6. The molecule has 0 aromatic carbocycles. The number of hydrogen-bond acceptors (Lipinski definition) is 5. The Hall–Kier alpha value is -1.14. The van der Waals surface area contributed by atoms with E-state index in [1.165, 1.54) is 392 Å². The zero-order valence-corrected chi connectivity index (χ0v) is 57.7. The van der Waals surface area contributed by atoms with E-state index in [0.717, 1.165) is 38.5 Å². The van der Waals surface area contributed by atoms with Crippen molar-refractivity contribution in [1.82, 2.24) is 5.32 Å². The Labute approximate surface area is 527 Å². The van der Waals surface area contributed by atoms with Gasteiger partial charge in [0.25, 0.3) is 0 Å². The minimum absolute atomic E-state index is 0.0238. The quantitative estimate of drug-likeness (QED) is 0.0417. The van der Waals surface area contributed by atoms with Gasteiger partial charge < -0.3 is 20.3 Å². The third kappa shape index (κ3) is 70.0. The lowest BCUT2D eigenvalue weighted by Gasteiger charge is -2.22. The molecular formula is C78H155NO5. The smallest absolute Gasteiger partial charge is 0.305 e. The molecule has 1 amide bonds. The Morgan fingerprint density at radius 3 is 0.726 bits per heavy atom. The summed E-state index contributed by atoms with van der Waals surface area (Å²) < 4.78 is 5.51. The van der Waals surface area contributed by atoms with Crippen LogP contribution in [0.15, 0.2) is 0 Å². The van der Waals surface area contributed by atoms with Crippen LogP contribution >= 0.6 is 0 Å². The Bertz CT molecular complexity index is 1230. The lowest BCUT2D eigenvalue weighted by Crippen LogP contribution is -2.45. The molecule has 3 N–H and O–H groups in total. The molecular weight excluding hydrogens is 1030 g/mol. The number of unbranched alkanes of at least 4 members (excludes halogenated alkanes) is 64. The summed E-state index contributed by atoms with van der Waals surface area (Å²) in [4.78, 5) is 24.7. The summed E-state index contributed by atoms with van der Waals surface area (Å²) >= 11 is 0. The molecule has 0 spiro atoms. The number of aliphatic hydroxyl groups excluding tert-OH is 2. The summed E-state index contributed by atoms with van der Waals surface area (Å²) in [6.45, 7) is 5.02. The molecule has 0 saturated carbocycles. The Kier molecular flexibility index (Phi) is 73.3. The van der Waals surface area contributed by atoms with Crippen molar-refractivity contribution in [1.29, 1.82) is 0 Å². The van der Waals surface area contributed by atoms with Crippen molar-refractivity contribution in [3.05, 3.63) is 0 Å². The molecule has 0 aromatic rings. The molecule has 6 heteroatoms. The fourth-order valence-electron chi connectivity index (χ4n) is 12.9. The van der Waals surface area contributed by atoms with E-state index >= 15 is 0 Å². The fourth-order valence-corrected chi connectivity index (χ4v) is 12.9. The molecule has 6 nitrogen and oxygen atoms in total. The predicted octanol–water partition coefficient (Wildman–Crippen LogP) is 25.7. The maximum Gasteiger partial charge on any atom is 0.305 e. The molecule has 2 atom stereocenters. The van der Waals surface area contributed by atoms with Gasteiger partial charge in [0.15, 0.2) is 0 Å². The van der Waals surface area contributed by atoms with E-state index in [9.17, 15) is 19.8 Å². The number of hydrogen-bond donors (Lipinski definition) is 3. The summed E-state index contributed by atoms with van der Waals surface area (Å²) in [6, 6.07) is -0.540. The van der Waals surface area contributed by atoms with Gasteiger partial charge in [-0.3, -0.25) is 9.59 Å². The van der Waals surface area contributed by atoms with E-state index in [0.29, 0.717) is 25.9 Å². The van der Waals surface area contributed by atoms with Crippen molar-refractivity contribution in [2.24, 2.45) is 0 Å². The average molecular weight is 1190 g/mol.